The lowest BCUT2D eigenvalue weighted by molar-refractivity contribution is 0.220. The lowest BCUT2D eigenvalue weighted by Crippen LogP contribution is -2.26. The van der Waals surface area contributed by atoms with E-state index in [1.165, 1.54) is 0 Å². The molecule has 6 heteroatoms. The minimum Gasteiger partial charge on any atom is -0.314 e. The molecule has 104 valence electrons. The predicted octanol–water partition coefficient (Wildman–Crippen LogP) is 4.60. The standard InChI is InChI=1S/C11H26FO3PSi/c1-5-14-16(13,15-6-2)10-9-11-17(12,7-3)8-4/h5-11H2,1-4H3. The Balaban J connectivity index is 4.18. The summed E-state index contributed by atoms with van der Waals surface area (Å²) in [7, 11) is -5.55. The maximum atomic E-state index is 14.2. The van der Waals surface area contributed by atoms with Gasteiger partial charge in [0.2, 0.25) is 8.41 Å². The molecule has 0 atom stereocenters. The van der Waals surface area contributed by atoms with Crippen molar-refractivity contribution in [2.75, 3.05) is 19.4 Å². The highest BCUT2D eigenvalue weighted by Gasteiger charge is 2.31. The first kappa shape index (κ1) is 17.3. The van der Waals surface area contributed by atoms with Gasteiger partial charge in [0.05, 0.1) is 13.2 Å². The van der Waals surface area contributed by atoms with Crippen molar-refractivity contribution in [2.24, 2.45) is 0 Å². The molecule has 0 rings (SSSR count). The fraction of sp³-hybridized carbons (Fsp3) is 1.00. The topological polar surface area (TPSA) is 35.5 Å². The van der Waals surface area contributed by atoms with Crippen LogP contribution in [0.1, 0.15) is 34.1 Å². The third-order valence-corrected chi connectivity index (χ3v) is 8.93. The van der Waals surface area contributed by atoms with Crippen molar-refractivity contribution < 1.29 is 17.7 Å². The van der Waals surface area contributed by atoms with Crippen molar-refractivity contribution in [3.63, 3.8) is 0 Å². The molecule has 0 saturated carbocycles. The van der Waals surface area contributed by atoms with Gasteiger partial charge < -0.3 is 13.2 Å². The Hall–Kier alpha value is 0.297. The normalized spacial score (nSPS) is 13.0. The maximum absolute atomic E-state index is 14.2. The van der Waals surface area contributed by atoms with Crippen molar-refractivity contribution in [1.82, 2.24) is 0 Å². The molecular formula is C11H26FO3PSi. The van der Waals surface area contributed by atoms with Crippen molar-refractivity contribution >= 4 is 16.0 Å². The third-order valence-electron chi connectivity index (χ3n) is 2.98. The molecule has 0 N–H and O–H groups in total. The van der Waals surface area contributed by atoms with Gasteiger partial charge in [-0.3, -0.25) is 4.57 Å². The second-order valence-electron chi connectivity index (χ2n) is 4.13. The lowest BCUT2D eigenvalue weighted by atomic mass is 10.6. The molecule has 0 aliphatic heterocycles. The van der Waals surface area contributed by atoms with Gasteiger partial charge in [0.1, 0.15) is 0 Å². The minimum atomic E-state index is -2.97. The molecule has 0 heterocycles. The van der Waals surface area contributed by atoms with Crippen LogP contribution in [-0.2, 0) is 13.6 Å². The van der Waals surface area contributed by atoms with Crippen LogP contribution in [0.25, 0.3) is 0 Å². The molecule has 0 radical (unpaired) electrons. The van der Waals surface area contributed by atoms with Gasteiger partial charge in [0, 0.05) is 6.16 Å². The van der Waals surface area contributed by atoms with Crippen LogP contribution in [-0.4, -0.2) is 27.8 Å². The van der Waals surface area contributed by atoms with Gasteiger partial charge in [-0.1, -0.05) is 13.8 Å². The van der Waals surface area contributed by atoms with E-state index >= 15 is 0 Å². The molecule has 0 aromatic rings. The highest BCUT2D eigenvalue weighted by atomic mass is 31.2. The maximum Gasteiger partial charge on any atom is 0.330 e. The van der Waals surface area contributed by atoms with E-state index in [9.17, 15) is 8.67 Å². The zero-order valence-corrected chi connectivity index (χ0v) is 13.4. The van der Waals surface area contributed by atoms with Gasteiger partial charge in [-0.05, 0) is 38.4 Å². The molecule has 0 fully saturated rings. The monoisotopic (exact) mass is 284 g/mol. The van der Waals surface area contributed by atoms with Crippen LogP contribution in [0.4, 0.5) is 4.11 Å². The largest absolute Gasteiger partial charge is 0.330 e. The van der Waals surface area contributed by atoms with E-state index < -0.39 is 16.0 Å². The van der Waals surface area contributed by atoms with E-state index in [0.717, 1.165) is 0 Å². The zero-order chi connectivity index (χ0) is 13.4. The summed E-state index contributed by atoms with van der Waals surface area (Å²) in [5, 5.41) is 0. The Labute approximate surface area is 106 Å². The first-order valence-electron chi connectivity index (χ1n) is 6.52. The lowest BCUT2D eigenvalue weighted by Gasteiger charge is -2.21. The van der Waals surface area contributed by atoms with Crippen LogP contribution < -0.4 is 0 Å². The molecule has 0 amide bonds. The quantitative estimate of drug-likeness (QED) is 0.334. The van der Waals surface area contributed by atoms with Gasteiger partial charge >= 0.3 is 7.60 Å². The van der Waals surface area contributed by atoms with Crippen LogP contribution in [0.2, 0.25) is 18.1 Å². The molecule has 0 aromatic carbocycles. The van der Waals surface area contributed by atoms with Crippen LogP contribution in [0.3, 0.4) is 0 Å². The Kier molecular flexibility index (Phi) is 8.55. The molecule has 0 saturated heterocycles. The second kappa shape index (κ2) is 8.41. The predicted molar refractivity (Wildman–Crippen MR) is 73.0 cm³/mol. The Morgan fingerprint density at radius 1 is 1.06 bits per heavy atom. The Bertz CT molecular complexity index is 237. The van der Waals surface area contributed by atoms with E-state index in [-0.39, 0.29) is 0 Å². The Morgan fingerprint density at radius 3 is 1.88 bits per heavy atom. The van der Waals surface area contributed by atoms with Gasteiger partial charge in [0.25, 0.3) is 0 Å². The van der Waals surface area contributed by atoms with Crippen molar-refractivity contribution in [3.05, 3.63) is 0 Å². The van der Waals surface area contributed by atoms with Gasteiger partial charge in [0.15, 0.2) is 0 Å². The van der Waals surface area contributed by atoms with E-state index in [1.807, 2.05) is 13.8 Å². The minimum absolute atomic E-state index is 0.341. The van der Waals surface area contributed by atoms with E-state index in [2.05, 4.69) is 0 Å². The van der Waals surface area contributed by atoms with Crippen LogP contribution in [0.15, 0.2) is 0 Å². The number of halogens is 1. The summed E-state index contributed by atoms with van der Waals surface area (Å²) in [6, 6.07) is 1.83. The van der Waals surface area contributed by atoms with E-state index in [1.54, 1.807) is 13.8 Å². The fourth-order valence-electron chi connectivity index (χ4n) is 1.75. The average Bonchev–Trinajstić information content (AvgIpc) is 2.29. The highest BCUT2D eigenvalue weighted by molar-refractivity contribution is 7.53. The first-order valence-corrected chi connectivity index (χ1v) is 10.7. The summed E-state index contributed by atoms with van der Waals surface area (Å²) in [5.41, 5.74) is 0. The Morgan fingerprint density at radius 2 is 1.53 bits per heavy atom. The van der Waals surface area contributed by atoms with Gasteiger partial charge in [-0.2, -0.15) is 0 Å². The number of hydrogen-bond acceptors (Lipinski definition) is 3. The van der Waals surface area contributed by atoms with Crippen LogP contribution in [0, 0.1) is 0 Å². The summed E-state index contributed by atoms with van der Waals surface area (Å²) < 4.78 is 36.6. The van der Waals surface area contributed by atoms with E-state index in [0.29, 0.717) is 43.9 Å². The summed E-state index contributed by atoms with van der Waals surface area (Å²) in [4.78, 5) is 0. The highest BCUT2D eigenvalue weighted by Crippen LogP contribution is 2.49. The average molecular weight is 284 g/mol. The molecule has 3 nitrogen and oxygen atoms in total. The fourth-order valence-corrected chi connectivity index (χ4v) is 5.73. The van der Waals surface area contributed by atoms with Crippen molar-refractivity contribution in [3.8, 4) is 0 Å². The van der Waals surface area contributed by atoms with Crippen LogP contribution in [0.5, 0.6) is 0 Å². The van der Waals surface area contributed by atoms with E-state index in [4.69, 9.17) is 9.05 Å². The summed E-state index contributed by atoms with van der Waals surface area (Å²) >= 11 is 0. The zero-order valence-electron chi connectivity index (χ0n) is 11.5. The van der Waals surface area contributed by atoms with Crippen molar-refractivity contribution in [2.45, 2.75) is 52.2 Å². The molecule has 0 aliphatic carbocycles. The number of rotatable bonds is 10. The third kappa shape index (κ3) is 6.70. The van der Waals surface area contributed by atoms with Gasteiger partial charge in [-0.15, -0.1) is 0 Å². The van der Waals surface area contributed by atoms with Crippen molar-refractivity contribution in [1.29, 1.82) is 0 Å². The molecule has 0 unspecified atom stereocenters. The molecule has 0 aromatic heterocycles. The molecular weight excluding hydrogens is 258 g/mol. The summed E-state index contributed by atoms with van der Waals surface area (Å²) in [6.07, 6.45) is 0.940. The smallest absolute Gasteiger partial charge is 0.314 e. The molecule has 0 aliphatic rings. The van der Waals surface area contributed by atoms with Gasteiger partial charge in [-0.25, -0.2) is 0 Å². The summed E-state index contributed by atoms with van der Waals surface area (Å²) in [5.74, 6) is 0. The molecule has 17 heavy (non-hydrogen) atoms. The number of hydrogen-bond donors (Lipinski definition) is 0. The molecule has 0 spiro atoms. The second-order valence-corrected chi connectivity index (χ2v) is 10.5. The first-order chi connectivity index (χ1) is 7.95. The SMILES string of the molecule is CCOP(=O)(CCC[Si](F)(CC)CC)OCC. The summed E-state index contributed by atoms with van der Waals surface area (Å²) in [6.45, 7) is 8.13. The molecule has 0 bridgehead atoms. The van der Waals surface area contributed by atoms with Crippen LogP contribution >= 0.6 is 7.60 Å².